The Morgan fingerprint density at radius 3 is 1.14 bits per heavy atom. The van der Waals surface area contributed by atoms with Crippen LogP contribution in [0.3, 0.4) is 0 Å². The number of rotatable bonds is 45. The summed E-state index contributed by atoms with van der Waals surface area (Å²) in [5.74, 6) is -0.973. The first-order valence-electron chi connectivity index (χ1n) is 25.2. The van der Waals surface area contributed by atoms with E-state index in [0.717, 1.165) is 57.8 Å². The van der Waals surface area contributed by atoms with Gasteiger partial charge in [0.2, 0.25) is 0 Å². The van der Waals surface area contributed by atoms with Crippen LogP contribution in [0.25, 0.3) is 0 Å². The van der Waals surface area contributed by atoms with Gasteiger partial charge in [0.15, 0.2) is 6.10 Å². The van der Waals surface area contributed by atoms with Crippen molar-refractivity contribution in [3.8, 4) is 0 Å². The second-order valence-electron chi connectivity index (χ2n) is 16.8. The first-order chi connectivity index (χ1) is 29.0. The minimum absolute atomic E-state index is 0.0973. The second-order valence-corrected chi connectivity index (χ2v) is 16.8. The molecule has 6 nitrogen and oxygen atoms in total. The Balaban J connectivity index is 4.44. The number of ether oxygens (including phenoxy) is 3. The van der Waals surface area contributed by atoms with Crippen molar-refractivity contribution in [3.05, 3.63) is 48.6 Å². The van der Waals surface area contributed by atoms with E-state index in [-0.39, 0.29) is 37.5 Å². The van der Waals surface area contributed by atoms with Crippen LogP contribution >= 0.6 is 0 Å². The van der Waals surface area contributed by atoms with Crippen molar-refractivity contribution in [2.45, 2.75) is 258 Å². The monoisotopic (exact) mass is 827 g/mol. The highest BCUT2D eigenvalue weighted by atomic mass is 16.6. The number of allylic oxidation sites excluding steroid dienone is 8. The van der Waals surface area contributed by atoms with Crippen molar-refractivity contribution < 1.29 is 28.6 Å². The molecule has 0 fully saturated rings. The average Bonchev–Trinajstić information content (AvgIpc) is 3.23. The molecular formula is C53H94O6. The molecule has 0 aromatic carbocycles. The maximum atomic E-state index is 12.7. The Morgan fingerprint density at radius 1 is 0.356 bits per heavy atom. The standard InChI is InChI=1S/C53H94O6/c1-4-7-10-13-16-19-22-25-26-29-31-34-37-40-43-46-52(55)58-49-50(59-53(56)47-44-41-38-35-32-28-24-21-18-15-12-9-6-3)48-57-51(54)45-42-39-36-33-30-27-23-20-17-14-11-8-5-2/h16,19,22,25,28,32,38,41,50H,4-15,17-18,20-21,23-24,26-27,29-31,33-37,39-40,42-49H2,1-3H3/b19-16-,25-22-,32-28-,41-38-. The van der Waals surface area contributed by atoms with Gasteiger partial charge in [-0.05, 0) is 64.2 Å². The van der Waals surface area contributed by atoms with Crippen molar-refractivity contribution in [2.24, 2.45) is 0 Å². The molecule has 59 heavy (non-hydrogen) atoms. The average molecular weight is 827 g/mol. The zero-order valence-electron chi connectivity index (χ0n) is 39.0. The molecule has 0 bridgehead atoms. The summed E-state index contributed by atoms with van der Waals surface area (Å²) in [4.78, 5) is 37.8. The molecule has 0 aliphatic heterocycles. The highest BCUT2D eigenvalue weighted by Crippen LogP contribution is 2.14. The first kappa shape index (κ1) is 56.4. The molecule has 1 unspecified atom stereocenters. The number of hydrogen-bond donors (Lipinski definition) is 0. The molecule has 0 amide bonds. The molecule has 342 valence electrons. The van der Waals surface area contributed by atoms with Crippen LogP contribution in [0.15, 0.2) is 48.6 Å². The van der Waals surface area contributed by atoms with Gasteiger partial charge in [-0.15, -0.1) is 0 Å². The van der Waals surface area contributed by atoms with E-state index < -0.39 is 6.10 Å². The van der Waals surface area contributed by atoms with Gasteiger partial charge in [0.1, 0.15) is 13.2 Å². The molecule has 6 heteroatoms. The minimum atomic E-state index is -0.804. The maximum absolute atomic E-state index is 12.7. The minimum Gasteiger partial charge on any atom is -0.462 e. The van der Waals surface area contributed by atoms with Crippen LogP contribution in [-0.2, 0) is 28.6 Å². The third-order valence-electron chi connectivity index (χ3n) is 10.8. The zero-order valence-corrected chi connectivity index (χ0v) is 39.0. The van der Waals surface area contributed by atoms with Crippen LogP contribution in [-0.4, -0.2) is 37.2 Å². The zero-order chi connectivity index (χ0) is 43.0. The lowest BCUT2D eigenvalue weighted by Crippen LogP contribution is -2.30. The summed E-state index contributed by atoms with van der Waals surface area (Å²) < 4.78 is 16.7. The second kappa shape index (κ2) is 48.0. The number of unbranched alkanes of at least 4 members (excludes halogenated alkanes) is 27. The smallest absolute Gasteiger partial charge is 0.306 e. The quantitative estimate of drug-likeness (QED) is 0.0200. The molecule has 0 saturated carbocycles. The van der Waals surface area contributed by atoms with E-state index in [1.807, 2.05) is 6.08 Å². The van der Waals surface area contributed by atoms with Gasteiger partial charge < -0.3 is 14.2 Å². The molecule has 0 saturated heterocycles. The third kappa shape index (κ3) is 46.3. The molecular weight excluding hydrogens is 733 g/mol. The summed E-state index contributed by atoms with van der Waals surface area (Å²) in [5, 5.41) is 0. The SMILES string of the molecule is CCCCC/C=C\C=C/CCCCCCCCC(=O)OCC(COC(=O)CCCCCCCCCCCCCCC)OC(=O)CC/C=C\C/C=C\CCCCCCCC. The Bertz CT molecular complexity index is 1040. The molecule has 0 aliphatic carbocycles. The van der Waals surface area contributed by atoms with E-state index in [1.165, 1.54) is 148 Å². The van der Waals surface area contributed by atoms with Crippen LogP contribution in [0.2, 0.25) is 0 Å². The normalized spacial score (nSPS) is 12.4. The Hall–Kier alpha value is -2.63. The molecule has 0 rings (SSSR count). The van der Waals surface area contributed by atoms with E-state index >= 15 is 0 Å². The van der Waals surface area contributed by atoms with Gasteiger partial charge in [0.25, 0.3) is 0 Å². The molecule has 0 N–H and O–H groups in total. The fourth-order valence-corrected chi connectivity index (χ4v) is 7.02. The topological polar surface area (TPSA) is 78.9 Å². The van der Waals surface area contributed by atoms with E-state index in [2.05, 4.69) is 63.3 Å². The number of esters is 3. The fourth-order valence-electron chi connectivity index (χ4n) is 7.02. The molecule has 0 heterocycles. The van der Waals surface area contributed by atoms with Crippen LogP contribution < -0.4 is 0 Å². The van der Waals surface area contributed by atoms with Crippen molar-refractivity contribution in [1.82, 2.24) is 0 Å². The van der Waals surface area contributed by atoms with E-state index in [9.17, 15) is 14.4 Å². The third-order valence-corrected chi connectivity index (χ3v) is 10.8. The maximum Gasteiger partial charge on any atom is 0.306 e. The molecule has 0 spiro atoms. The predicted octanol–water partition coefficient (Wildman–Crippen LogP) is 16.3. The van der Waals surface area contributed by atoms with Crippen LogP contribution in [0.1, 0.15) is 252 Å². The summed E-state index contributed by atoms with van der Waals surface area (Å²) >= 11 is 0. The molecule has 0 radical (unpaired) electrons. The van der Waals surface area contributed by atoms with Crippen molar-refractivity contribution in [3.63, 3.8) is 0 Å². The van der Waals surface area contributed by atoms with Gasteiger partial charge in [0.05, 0.1) is 0 Å². The van der Waals surface area contributed by atoms with Crippen LogP contribution in [0, 0.1) is 0 Å². The van der Waals surface area contributed by atoms with E-state index in [1.54, 1.807) is 0 Å². The van der Waals surface area contributed by atoms with Crippen LogP contribution in [0.5, 0.6) is 0 Å². The predicted molar refractivity (Wildman–Crippen MR) is 252 cm³/mol. The van der Waals surface area contributed by atoms with Crippen LogP contribution in [0.4, 0.5) is 0 Å². The van der Waals surface area contributed by atoms with Gasteiger partial charge in [-0.1, -0.05) is 217 Å². The summed E-state index contributed by atoms with van der Waals surface area (Å²) in [6.07, 6.45) is 56.7. The number of carbonyl (C=O) groups is 3. The molecule has 0 aromatic heterocycles. The van der Waals surface area contributed by atoms with Gasteiger partial charge in [-0.2, -0.15) is 0 Å². The van der Waals surface area contributed by atoms with Gasteiger partial charge in [0, 0.05) is 19.3 Å². The Labute approximate surface area is 365 Å². The number of hydrogen-bond acceptors (Lipinski definition) is 6. The number of carbonyl (C=O) groups excluding carboxylic acids is 3. The fraction of sp³-hybridized carbons (Fsp3) is 0.792. The lowest BCUT2D eigenvalue weighted by molar-refractivity contribution is -0.166. The van der Waals surface area contributed by atoms with Gasteiger partial charge in [-0.3, -0.25) is 14.4 Å². The van der Waals surface area contributed by atoms with Crippen molar-refractivity contribution in [2.75, 3.05) is 13.2 Å². The highest BCUT2D eigenvalue weighted by Gasteiger charge is 2.19. The molecule has 0 aliphatic rings. The van der Waals surface area contributed by atoms with Crippen molar-refractivity contribution >= 4 is 17.9 Å². The summed E-state index contributed by atoms with van der Waals surface area (Å²) in [7, 11) is 0. The van der Waals surface area contributed by atoms with Gasteiger partial charge >= 0.3 is 17.9 Å². The highest BCUT2D eigenvalue weighted by molar-refractivity contribution is 5.71. The van der Waals surface area contributed by atoms with Crippen molar-refractivity contribution in [1.29, 1.82) is 0 Å². The Kier molecular flexibility index (Phi) is 45.9. The van der Waals surface area contributed by atoms with E-state index in [4.69, 9.17) is 14.2 Å². The van der Waals surface area contributed by atoms with E-state index in [0.29, 0.717) is 19.3 Å². The summed E-state index contributed by atoms with van der Waals surface area (Å²) in [6.45, 7) is 6.55. The molecule has 1 atom stereocenters. The summed E-state index contributed by atoms with van der Waals surface area (Å²) in [5.41, 5.74) is 0. The Morgan fingerprint density at radius 2 is 0.695 bits per heavy atom. The summed E-state index contributed by atoms with van der Waals surface area (Å²) in [6, 6.07) is 0. The lowest BCUT2D eigenvalue weighted by Gasteiger charge is -2.18. The first-order valence-corrected chi connectivity index (χ1v) is 25.2. The lowest BCUT2D eigenvalue weighted by atomic mass is 10.0. The molecule has 0 aromatic rings. The van der Waals surface area contributed by atoms with Gasteiger partial charge in [-0.25, -0.2) is 0 Å². The largest absolute Gasteiger partial charge is 0.462 e.